The van der Waals surface area contributed by atoms with E-state index in [-0.39, 0.29) is 6.09 Å². The molecule has 2 rings (SSSR count). The van der Waals surface area contributed by atoms with Gasteiger partial charge in [0.25, 0.3) is 0 Å². The Kier molecular flexibility index (Phi) is 5.38. The number of likely N-dealkylation sites (tertiary alicyclic amines) is 1. The van der Waals surface area contributed by atoms with Crippen LogP contribution in [-0.4, -0.2) is 36.8 Å². The summed E-state index contributed by atoms with van der Waals surface area (Å²) in [6, 6.07) is 10.2. The highest BCUT2D eigenvalue weighted by Crippen LogP contribution is 2.34. The van der Waals surface area contributed by atoms with E-state index in [1.165, 1.54) is 0 Å². The van der Waals surface area contributed by atoms with Crippen molar-refractivity contribution in [2.75, 3.05) is 20.2 Å². The number of piperidine rings is 1. The molecular weight excluding hydrogens is 304 g/mol. The number of benzene rings is 1. The quantitative estimate of drug-likeness (QED) is 0.846. The summed E-state index contributed by atoms with van der Waals surface area (Å²) >= 11 is 0. The molecule has 0 bridgehead atoms. The van der Waals surface area contributed by atoms with Gasteiger partial charge in [0, 0.05) is 13.1 Å². The molecule has 24 heavy (non-hydrogen) atoms. The largest absolute Gasteiger partial charge is 0.497 e. The lowest BCUT2D eigenvalue weighted by Crippen LogP contribution is -2.48. The van der Waals surface area contributed by atoms with Gasteiger partial charge in [-0.3, -0.25) is 0 Å². The molecule has 1 amide bonds. The minimum absolute atomic E-state index is 0.337. The van der Waals surface area contributed by atoms with Crippen molar-refractivity contribution in [2.24, 2.45) is 5.41 Å². The van der Waals surface area contributed by atoms with Gasteiger partial charge in [-0.15, -0.1) is 0 Å². The van der Waals surface area contributed by atoms with Crippen molar-refractivity contribution in [1.82, 2.24) is 4.90 Å². The minimum atomic E-state index is -0.566. The molecule has 0 N–H and O–H groups in total. The molecule has 0 saturated carbocycles. The molecule has 1 atom stereocenters. The number of carbonyl (C=O) groups is 1. The van der Waals surface area contributed by atoms with Crippen LogP contribution in [0, 0.1) is 16.7 Å². The Morgan fingerprint density at radius 2 is 2.00 bits per heavy atom. The summed E-state index contributed by atoms with van der Waals surface area (Å²) in [5, 5.41) is 9.78. The van der Waals surface area contributed by atoms with Gasteiger partial charge >= 0.3 is 6.09 Å². The first-order chi connectivity index (χ1) is 11.3. The van der Waals surface area contributed by atoms with Gasteiger partial charge < -0.3 is 14.4 Å². The maximum atomic E-state index is 12.3. The van der Waals surface area contributed by atoms with Gasteiger partial charge in [0.05, 0.1) is 18.6 Å². The van der Waals surface area contributed by atoms with Crippen LogP contribution in [0.15, 0.2) is 24.3 Å². The monoisotopic (exact) mass is 330 g/mol. The van der Waals surface area contributed by atoms with Crippen LogP contribution in [0.25, 0.3) is 0 Å². The van der Waals surface area contributed by atoms with Crippen molar-refractivity contribution in [3.8, 4) is 11.8 Å². The first kappa shape index (κ1) is 18.1. The number of carbonyl (C=O) groups excluding carboxylic acids is 1. The summed E-state index contributed by atoms with van der Waals surface area (Å²) < 4.78 is 10.6. The molecule has 1 saturated heterocycles. The zero-order chi connectivity index (χ0) is 17.8. The second-order valence-corrected chi connectivity index (χ2v) is 7.42. The van der Waals surface area contributed by atoms with Crippen LogP contribution < -0.4 is 4.74 Å². The molecule has 0 aromatic heterocycles. The normalized spacial score (nSPS) is 21.0. The maximum absolute atomic E-state index is 12.3. The molecule has 1 fully saturated rings. The number of hydrogen-bond donors (Lipinski definition) is 0. The van der Waals surface area contributed by atoms with Crippen molar-refractivity contribution in [3.05, 3.63) is 29.8 Å². The van der Waals surface area contributed by atoms with Gasteiger partial charge in [0.2, 0.25) is 0 Å². The molecule has 1 unspecified atom stereocenters. The maximum Gasteiger partial charge on any atom is 0.410 e. The van der Waals surface area contributed by atoms with E-state index < -0.39 is 11.0 Å². The zero-order valence-electron chi connectivity index (χ0n) is 15.0. The van der Waals surface area contributed by atoms with Crippen molar-refractivity contribution in [3.63, 3.8) is 0 Å². The standard InChI is InChI=1S/C19H26N2O3/c1-18(2,3)24-17(22)21-11-5-10-19(13-20,14-21)12-15-6-8-16(23-4)9-7-15/h6-9H,5,10-12,14H2,1-4H3. The van der Waals surface area contributed by atoms with E-state index in [1.807, 2.05) is 45.0 Å². The molecule has 1 aromatic carbocycles. The number of nitrogens with zero attached hydrogens (tertiary/aromatic N) is 2. The average molecular weight is 330 g/mol. The molecule has 130 valence electrons. The van der Waals surface area contributed by atoms with E-state index in [0.717, 1.165) is 24.2 Å². The summed E-state index contributed by atoms with van der Waals surface area (Å²) in [4.78, 5) is 14.0. The third kappa shape index (κ3) is 4.64. The lowest BCUT2D eigenvalue weighted by Gasteiger charge is -2.39. The summed E-state index contributed by atoms with van der Waals surface area (Å²) in [5.74, 6) is 0.795. The number of hydrogen-bond acceptors (Lipinski definition) is 4. The smallest absolute Gasteiger partial charge is 0.410 e. The number of amides is 1. The SMILES string of the molecule is COc1ccc(CC2(C#N)CCCN(C(=O)OC(C)(C)C)C2)cc1. The topological polar surface area (TPSA) is 62.6 Å². The molecule has 5 heteroatoms. The van der Waals surface area contributed by atoms with E-state index in [0.29, 0.717) is 19.5 Å². The van der Waals surface area contributed by atoms with Crippen LogP contribution in [0.1, 0.15) is 39.2 Å². The van der Waals surface area contributed by atoms with Crippen LogP contribution in [0.3, 0.4) is 0 Å². The van der Waals surface area contributed by atoms with E-state index >= 15 is 0 Å². The van der Waals surface area contributed by atoms with Crippen LogP contribution in [0.5, 0.6) is 5.75 Å². The van der Waals surface area contributed by atoms with E-state index in [4.69, 9.17) is 9.47 Å². The predicted octanol–water partition coefficient (Wildman–Crippen LogP) is 3.78. The van der Waals surface area contributed by atoms with Crippen LogP contribution in [-0.2, 0) is 11.2 Å². The van der Waals surface area contributed by atoms with Crippen LogP contribution in [0.2, 0.25) is 0 Å². The molecule has 0 spiro atoms. The molecule has 0 aliphatic carbocycles. The third-order valence-corrected chi connectivity index (χ3v) is 4.17. The first-order valence-electron chi connectivity index (χ1n) is 8.29. The molecular formula is C19H26N2O3. The highest BCUT2D eigenvalue weighted by molar-refractivity contribution is 5.68. The fraction of sp³-hybridized carbons (Fsp3) is 0.579. The molecule has 1 aliphatic heterocycles. The lowest BCUT2D eigenvalue weighted by molar-refractivity contribution is 0.0111. The highest BCUT2D eigenvalue weighted by Gasteiger charge is 2.38. The van der Waals surface area contributed by atoms with E-state index in [2.05, 4.69) is 6.07 Å². The Bertz CT molecular complexity index is 613. The van der Waals surface area contributed by atoms with Crippen molar-refractivity contribution >= 4 is 6.09 Å². The van der Waals surface area contributed by atoms with Crippen molar-refractivity contribution < 1.29 is 14.3 Å². The van der Waals surface area contributed by atoms with E-state index in [1.54, 1.807) is 12.0 Å². The fourth-order valence-electron chi connectivity index (χ4n) is 3.02. The predicted molar refractivity (Wildman–Crippen MR) is 91.8 cm³/mol. The van der Waals surface area contributed by atoms with E-state index in [9.17, 15) is 10.1 Å². The summed E-state index contributed by atoms with van der Waals surface area (Å²) in [6.45, 7) is 6.60. The lowest BCUT2D eigenvalue weighted by atomic mass is 9.76. The van der Waals surface area contributed by atoms with Crippen molar-refractivity contribution in [1.29, 1.82) is 5.26 Å². The number of rotatable bonds is 3. The van der Waals surface area contributed by atoms with Gasteiger partial charge in [-0.2, -0.15) is 5.26 Å². The minimum Gasteiger partial charge on any atom is -0.497 e. The van der Waals surface area contributed by atoms with Gasteiger partial charge in [-0.1, -0.05) is 12.1 Å². The molecule has 0 radical (unpaired) electrons. The number of nitriles is 1. The molecule has 5 nitrogen and oxygen atoms in total. The van der Waals surface area contributed by atoms with Crippen LogP contribution in [0.4, 0.5) is 4.79 Å². The Morgan fingerprint density at radius 3 is 2.54 bits per heavy atom. The Labute approximate surface area is 144 Å². The Balaban J connectivity index is 2.10. The Morgan fingerprint density at radius 1 is 1.33 bits per heavy atom. The van der Waals surface area contributed by atoms with Crippen molar-refractivity contribution in [2.45, 2.75) is 45.6 Å². The van der Waals surface area contributed by atoms with Gasteiger partial charge in [0.1, 0.15) is 11.4 Å². The second-order valence-electron chi connectivity index (χ2n) is 7.42. The third-order valence-electron chi connectivity index (χ3n) is 4.17. The second kappa shape index (κ2) is 7.12. The van der Waals surface area contributed by atoms with Gasteiger partial charge in [-0.25, -0.2) is 4.79 Å². The molecule has 1 aromatic rings. The average Bonchev–Trinajstić information content (AvgIpc) is 2.54. The summed E-state index contributed by atoms with van der Waals surface area (Å²) in [6.07, 6.45) is 1.88. The fourth-order valence-corrected chi connectivity index (χ4v) is 3.02. The summed E-state index contributed by atoms with van der Waals surface area (Å²) in [7, 11) is 1.63. The van der Waals surface area contributed by atoms with Gasteiger partial charge in [-0.05, 0) is 57.7 Å². The van der Waals surface area contributed by atoms with Crippen LogP contribution >= 0.6 is 0 Å². The molecule has 1 heterocycles. The van der Waals surface area contributed by atoms with Gasteiger partial charge in [0.15, 0.2) is 0 Å². The number of methoxy groups -OCH3 is 1. The number of ether oxygens (including phenoxy) is 2. The highest BCUT2D eigenvalue weighted by atomic mass is 16.6. The Hall–Kier alpha value is -2.22. The zero-order valence-corrected chi connectivity index (χ0v) is 15.0. The first-order valence-corrected chi connectivity index (χ1v) is 8.29. The molecule has 1 aliphatic rings. The summed E-state index contributed by atoms with van der Waals surface area (Å²) in [5.41, 5.74) is -0.0211.